The van der Waals surface area contributed by atoms with E-state index in [-0.39, 0.29) is 22.2 Å². The quantitative estimate of drug-likeness (QED) is 0.290. The van der Waals surface area contributed by atoms with Crippen LogP contribution in [0.1, 0.15) is 28.4 Å². The number of rotatable bonds is 8. The highest BCUT2D eigenvalue weighted by atomic mass is 32.2. The number of carbonyl (C=O) groups is 2. The molecule has 0 fully saturated rings. The molecule has 0 aliphatic carbocycles. The Hall–Kier alpha value is -3.91. The molecule has 3 aromatic carbocycles. The summed E-state index contributed by atoms with van der Waals surface area (Å²) in [5.41, 5.74) is 5.79. The molecule has 0 spiro atoms. The van der Waals surface area contributed by atoms with Crippen LogP contribution in [-0.4, -0.2) is 51.0 Å². The number of carbonyl (C=O) groups excluding carboxylic acids is 2. The fourth-order valence-electron chi connectivity index (χ4n) is 4.07. The van der Waals surface area contributed by atoms with E-state index in [4.69, 9.17) is 4.98 Å². The van der Waals surface area contributed by atoms with Crippen molar-refractivity contribution in [1.29, 1.82) is 0 Å². The fourth-order valence-corrected chi connectivity index (χ4v) is 4.92. The van der Waals surface area contributed by atoms with Crippen molar-refractivity contribution in [3.05, 3.63) is 95.8 Å². The number of aryl methyl sites for hydroxylation is 2. The molecule has 4 aromatic rings. The normalized spacial score (nSPS) is 11.8. The molecule has 0 radical (unpaired) electrons. The summed E-state index contributed by atoms with van der Waals surface area (Å²) < 4.78 is 15.7. The first-order chi connectivity index (χ1) is 18.1. The van der Waals surface area contributed by atoms with E-state index in [1.165, 1.54) is 23.9 Å². The smallest absolute Gasteiger partial charge is 0.282 e. The summed E-state index contributed by atoms with van der Waals surface area (Å²) >= 11 is 1.19. The van der Waals surface area contributed by atoms with Gasteiger partial charge in [0.1, 0.15) is 11.6 Å². The summed E-state index contributed by atoms with van der Waals surface area (Å²) in [4.78, 5) is 31.4. The molecule has 38 heavy (non-hydrogen) atoms. The highest BCUT2D eigenvalue weighted by molar-refractivity contribution is 8.14. The fraction of sp³-hybridized carbons (Fsp3) is 0.233. The highest BCUT2D eigenvalue weighted by Crippen LogP contribution is 2.31. The molecule has 1 heterocycles. The van der Waals surface area contributed by atoms with Gasteiger partial charge in [0.05, 0.1) is 11.0 Å². The second kappa shape index (κ2) is 11.6. The number of nitrogens with zero attached hydrogens (tertiary/aromatic N) is 3. The van der Waals surface area contributed by atoms with Gasteiger partial charge in [-0.1, -0.05) is 54.2 Å². The monoisotopic (exact) mass is 530 g/mol. The number of benzene rings is 3. The molecule has 196 valence electrons. The lowest BCUT2D eigenvalue weighted by Gasteiger charge is -2.20. The first-order valence-corrected chi connectivity index (χ1v) is 13.2. The Morgan fingerprint density at radius 1 is 1.11 bits per heavy atom. The minimum Gasteiger partial charge on any atom is -0.350 e. The van der Waals surface area contributed by atoms with Gasteiger partial charge >= 0.3 is 0 Å². The van der Waals surface area contributed by atoms with Crippen LogP contribution in [0, 0.1) is 12.7 Å². The zero-order valence-electron chi connectivity index (χ0n) is 22.0. The molecular formula is C30H31FN4O2S. The van der Waals surface area contributed by atoms with Crippen molar-refractivity contribution in [2.75, 3.05) is 20.1 Å². The van der Waals surface area contributed by atoms with E-state index in [9.17, 15) is 14.0 Å². The first kappa shape index (κ1) is 27.1. The van der Waals surface area contributed by atoms with Crippen molar-refractivity contribution in [3.8, 4) is 11.4 Å². The number of fused-ring (bicyclic) bond motifs is 1. The topological polar surface area (TPSA) is 67.2 Å². The van der Waals surface area contributed by atoms with E-state index in [1.807, 2.05) is 61.9 Å². The van der Waals surface area contributed by atoms with Gasteiger partial charge in [-0.3, -0.25) is 9.59 Å². The van der Waals surface area contributed by atoms with Crippen LogP contribution in [0.4, 0.5) is 9.18 Å². The molecule has 1 N–H and O–H groups in total. The minimum atomic E-state index is -0.308. The van der Waals surface area contributed by atoms with Crippen LogP contribution in [0.15, 0.2) is 73.3 Å². The predicted octanol–water partition coefficient (Wildman–Crippen LogP) is 6.30. The number of amides is 2. The molecule has 2 amide bonds. The van der Waals surface area contributed by atoms with Crippen LogP contribution < -0.4 is 5.32 Å². The van der Waals surface area contributed by atoms with Gasteiger partial charge in [0.15, 0.2) is 0 Å². The van der Waals surface area contributed by atoms with Crippen LogP contribution in [-0.2, 0) is 7.05 Å². The Kier molecular flexibility index (Phi) is 8.32. The van der Waals surface area contributed by atoms with Crippen molar-refractivity contribution in [2.45, 2.75) is 19.1 Å². The predicted molar refractivity (Wildman–Crippen MR) is 154 cm³/mol. The van der Waals surface area contributed by atoms with E-state index in [0.29, 0.717) is 30.0 Å². The van der Waals surface area contributed by atoms with Crippen LogP contribution in [0.3, 0.4) is 0 Å². The van der Waals surface area contributed by atoms with Gasteiger partial charge in [-0.05, 0) is 61.4 Å². The molecule has 0 aliphatic rings. The maximum absolute atomic E-state index is 13.7. The Morgan fingerprint density at radius 2 is 1.82 bits per heavy atom. The van der Waals surface area contributed by atoms with Gasteiger partial charge in [-0.2, -0.15) is 0 Å². The second-order valence-electron chi connectivity index (χ2n) is 9.30. The minimum absolute atomic E-state index is 0.101. The number of hydrogen-bond donors (Lipinski definition) is 1. The largest absolute Gasteiger partial charge is 0.350 e. The Labute approximate surface area is 226 Å². The summed E-state index contributed by atoms with van der Waals surface area (Å²) in [7, 11) is 3.62. The van der Waals surface area contributed by atoms with Crippen LogP contribution in [0.25, 0.3) is 28.0 Å². The lowest BCUT2D eigenvalue weighted by molar-refractivity contribution is 0.0951. The van der Waals surface area contributed by atoms with Crippen LogP contribution in [0.5, 0.6) is 0 Å². The first-order valence-electron chi connectivity index (χ1n) is 12.3. The third-order valence-corrected chi connectivity index (χ3v) is 7.61. The molecule has 8 heteroatoms. The molecule has 0 bridgehead atoms. The van der Waals surface area contributed by atoms with Gasteiger partial charge in [0.25, 0.3) is 11.1 Å². The molecule has 1 unspecified atom stereocenters. The average Bonchev–Trinajstić information content (AvgIpc) is 3.24. The molecule has 1 aromatic heterocycles. The Bertz CT molecular complexity index is 1500. The molecule has 6 nitrogen and oxygen atoms in total. The highest BCUT2D eigenvalue weighted by Gasteiger charge is 2.19. The summed E-state index contributed by atoms with van der Waals surface area (Å²) in [5, 5.41) is 2.58. The van der Waals surface area contributed by atoms with Crippen molar-refractivity contribution in [1.82, 2.24) is 19.8 Å². The molecule has 0 saturated heterocycles. The second-order valence-corrected chi connectivity index (χ2v) is 10.6. The number of aromatic nitrogens is 2. The SMILES string of the molecule is C=C(c1ccc2c(c1)nc(-c1cccc(F)c1)n2C)C(C)SC(=O)N(C)CCNC(=O)c1ccc(C)cc1. The maximum atomic E-state index is 13.7. The van der Waals surface area contributed by atoms with Gasteiger partial charge < -0.3 is 14.8 Å². The van der Waals surface area contributed by atoms with Crippen molar-refractivity contribution in [3.63, 3.8) is 0 Å². The lowest BCUT2D eigenvalue weighted by atomic mass is 10.0. The summed E-state index contributed by atoms with van der Waals surface area (Å²) in [5.74, 6) is 0.208. The van der Waals surface area contributed by atoms with Gasteiger partial charge in [0.2, 0.25) is 0 Å². The van der Waals surface area contributed by atoms with Crippen molar-refractivity contribution >= 4 is 39.5 Å². The number of hydrogen-bond acceptors (Lipinski definition) is 4. The van der Waals surface area contributed by atoms with Crippen molar-refractivity contribution < 1.29 is 14.0 Å². The van der Waals surface area contributed by atoms with Crippen LogP contribution >= 0.6 is 11.8 Å². The third-order valence-electron chi connectivity index (χ3n) is 6.46. The zero-order valence-corrected chi connectivity index (χ0v) is 22.8. The van der Waals surface area contributed by atoms with E-state index >= 15 is 0 Å². The summed E-state index contributed by atoms with van der Waals surface area (Å²) in [6.45, 7) is 8.90. The molecule has 4 rings (SSSR count). The average molecular weight is 531 g/mol. The molecule has 0 saturated carbocycles. The number of thioether (sulfide) groups is 1. The van der Waals surface area contributed by atoms with Crippen molar-refractivity contribution in [2.24, 2.45) is 7.05 Å². The zero-order chi connectivity index (χ0) is 27.4. The molecule has 0 aliphatic heterocycles. The van der Waals surface area contributed by atoms with Crippen LogP contribution in [0.2, 0.25) is 0 Å². The number of likely N-dealkylation sites (N-methyl/N-ethyl adjacent to an activating group) is 1. The van der Waals surface area contributed by atoms with E-state index in [1.54, 1.807) is 30.1 Å². The number of imidazole rings is 1. The van der Waals surface area contributed by atoms with Gasteiger partial charge in [0, 0.05) is 43.6 Å². The summed E-state index contributed by atoms with van der Waals surface area (Å²) in [6, 6.07) is 19.6. The lowest BCUT2D eigenvalue weighted by Crippen LogP contribution is -2.35. The van der Waals surface area contributed by atoms with E-state index in [0.717, 1.165) is 27.7 Å². The van der Waals surface area contributed by atoms with Gasteiger partial charge in [-0.15, -0.1) is 0 Å². The Balaban J connectivity index is 1.35. The number of nitrogens with one attached hydrogen (secondary N) is 1. The van der Waals surface area contributed by atoms with Gasteiger partial charge in [-0.25, -0.2) is 9.37 Å². The van der Waals surface area contributed by atoms with E-state index in [2.05, 4.69) is 11.9 Å². The van der Waals surface area contributed by atoms with E-state index < -0.39 is 0 Å². The standard InChI is InChI=1S/C30H31FN4O2S/c1-19-9-11-22(12-10-19)29(36)32-15-16-34(4)30(37)38-21(3)20(2)23-13-14-27-26(18-23)33-28(35(27)5)24-7-6-8-25(31)17-24/h6-14,17-18,21H,2,15-16H2,1,3-5H3,(H,32,36). The molecular weight excluding hydrogens is 499 g/mol. The summed E-state index contributed by atoms with van der Waals surface area (Å²) in [6.07, 6.45) is 0. The third kappa shape index (κ3) is 6.14. The number of halogens is 1. The Morgan fingerprint density at radius 3 is 2.53 bits per heavy atom. The maximum Gasteiger partial charge on any atom is 0.282 e. The molecule has 1 atom stereocenters.